The molecule has 1 aliphatic rings. The van der Waals surface area contributed by atoms with E-state index < -0.39 is 10.0 Å². The fraction of sp³-hybridized carbons (Fsp3) is 0.600. The Morgan fingerprint density at radius 3 is 2.24 bits per heavy atom. The van der Waals surface area contributed by atoms with Crippen LogP contribution in [0.1, 0.15) is 27.7 Å². The third kappa shape index (κ3) is 2.85. The van der Waals surface area contributed by atoms with E-state index in [4.69, 9.17) is 4.74 Å². The van der Waals surface area contributed by atoms with Crippen molar-refractivity contribution < 1.29 is 13.2 Å². The summed E-state index contributed by atoms with van der Waals surface area (Å²) >= 11 is 3.31. The van der Waals surface area contributed by atoms with E-state index in [0.29, 0.717) is 22.7 Å². The Balaban J connectivity index is 2.12. The van der Waals surface area contributed by atoms with Crippen LogP contribution in [-0.2, 0) is 10.0 Å². The van der Waals surface area contributed by atoms with Crippen molar-refractivity contribution in [1.29, 1.82) is 0 Å². The van der Waals surface area contributed by atoms with Crippen LogP contribution in [0.15, 0.2) is 27.6 Å². The molecule has 0 heterocycles. The van der Waals surface area contributed by atoms with Gasteiger partial charge in [0.05, 0.1) is 16.5 Å². The minimum absolute atomic E-state index is 0.163. The lowest BCUT2D eigenvalue weighted by molar-refractivity contribution is 0.411. The lowest BCUT2D eigenvalue weighted by Crippen LogP contribution is -2.27. The molecule has 0 atom stereocenters. The molecule has 0 aromatic heterocycles. The summed E-state index contributed by atoms with van der Waals surface area (Å²) in [6.07, 6.45) is 0. The van der Waals surface area contributed by atoms with Crippen LogP contribution < -0.4 is 9.46 Å². The highest BCUT2D eigenvalue weighted by molar-refractivity contribution is 9.10. The molecule has 0 aliphatic heterocycles. The zero-order valence-corrected chi connectivity index (χ0v) is 15.4. The van der Waals surface area contributed by atoms with Crippen LogP contribution >= 0.6 is 15.9 Å². The third-order valence-corrected chi connectivity index (χ3v) is 7.27. The van der Waals surface area contributed by atoms with E-state index in [-0.39, 0.29) is 15.7 Å². The van der Waals surface area contributed by atoms with Gasteiger partial charge in [0.1, 0.15) is 5.75 Å². The number of hydrogen-bond donors (Lipinski definition) is 1. The molecule has 2 rings (SSSR count). The van der Waals surface area contributed by atoms with Gasteiger partial charge in [-0.05, 0) is 50.9 Å². The first kappa shape index (κ1) is 16.8. The van der Waals surface area contributed by atoms with Crippen LogP contribution in [0.4, 0.5) is 0 Å². The van der Waals surface area contributed by atoms with E-state index >= 15 is 0 Å². The van der Waals surface area contributed by atoms with Crippen molar-refractivity contribution in [2.24, 2.45) is 16.7 Å². The van der Waals surface area contributed by atoms with Gasteiger partial charge in [-0.25, -0.2) is 13.1 Å². The van der Waals surface area contributed by atoms with Crippen molar-refractivity contribution >= 4 is 26.0 Å². The molecule has 4 nitrogen and oxygen atoms in total. The molecule has 1 aliphatic carbocycles. The van der Waals surface area contributed by atoms with Gasteiger partial charge in [0.15, 0.2) is 0 Å². The van der Waals surface area contributed by atoms with Crippen LogP contribution in [0.3, 0.4) is 0 Å². The number of hydrogen-bond acceptors (Lipinski definition) is 3. The van der Waals surface area contributed by atoms with Crippen LogP contribution in [0.5, 0.6) is 5.75 Å². The van der Waals surface area contributed by atoms with Gasteiger partial charge in [-0.3, -0.25) is 0 Å². The minimum atomic E-state index is -3.50. The molecule has 1 fully saturated rings. The number of methoxy groups -OCH3 is 1. The van der Waals surface area contributed by atoms with Gasteiger partial charge in [-0.2, -0.15) is 0 Å². The zero-order chi connectivity index (χ0) is 16.1. The van der Waals surface area contributed by atoms with Crippen molar-refractivity contribution in [2.45, 2.75) is 32.6 Å². The summed E-state index contributed by atoms with van der Waals surface area (Å²) in [5.41, 5.74) is 0.325. The Kier molecular flexibility index (Phi) is 4.19. The van der Waals surface area contributed by atoms with Crippen molar-refractivity contribution in [3.8, 4) is 5.75 Å². The summed E-state index contributed by atoms with van der Waals surface area (Å²) < 4.78 is 33.2. The Labute approximate surface area is 135 Å². The van der Waals surface area contributed by atoms with E-state index in [1.807, 2.05) is 0 Å². The predicted molar refractivity (Wildman–Crippen MR) is 86.9 cm³/mol. The van der Waals surface area contributed by atoms with Gasteiger partial charge in [-0.1, -0.05) is 27.7 Å². The largest absolute Gasteiger partial charge is 0.496 e. The van der Waals surface area contributed by atoms with Crippen LogP contribution in [-0.4, -0.2) is 22.1 Å². The maximum Gasteiger partial charge on any atom is 0.240 e. The fourth-order valence-electron chi connectivity index (χ4n) is 2.93. The molecular weight excluding hydrogens is 354 g/mol. The smallest absolute Gasteiger partial charge is 0.240 e. The number of nitrogens with one attached hydrogen (secondary N) is 1. The normalized spacial score (nSPS) is 20.3. The first-order valence-electron chi connectivity index (χ1n) is 6.87. The first-order valence-corrected chi connectivity index (χ1v) is 9.15. The van der Waals surface area contributed by atoms with E-state index in [9.17, 15) is 8.42 Å². The summed E-state index contributed by atoms with van der Waals surface area (Å²) in [6, 6.07) is 4.75. The minimum Gasteiger partial charge on any atom is -0.496 e. The molecule has 1 saturated carbocycles. The van der Waals surface area contributed by atoms with Crippen molar-refractivity contribution in [1.82, 2.24) is 4.72 Å². The quantitative estimate of drug-likeness (QED) is 0.857. The Bertz CT molecular complexity index is 639. The monoisotopic (exact) mass is 375 g/mol. The molecule has 0 amide bonds. The Morgan fingerprint density at radius 1 is 1.24 bits per heavy atom. The molecule has 21 heavy (non-hydrogen) atoms. The number of halogens is 1. The molecule has 0 spiro atoms. The fourth-order valence-corrected chi connectivity index (χ4v) is 4.70. The number of sulfonamides is 1. The summed E-state index contributed by atoms with van der Waals surface area (Å²) in [6.45, 7) is 9.17. The molecule has 6 heteroatoms. The van der Waals surface area contributed by atoms with E-state index in [2.05, 4.69) is 48.3 Å². The summed E-state index contributed by atoms with van der Waals surface area (Å²) in [7, 11) is -1.95. The van der Waals surface area contributed by atoms with Crippen LogP contribution in [0.25, 0.3) is 0 Å². The molecule has 0 unspecified atom stereocenters. The average molecular weight is 376 g/mol. The van der Waals surface area contributed by atoms with E-state index in [1.54, 1.807) is 25.3 Å². The third-order valence-electron chi connectivity index (χ3n) is 5.23. The highest BCUT2D eigenvalue weighted by Crippen LogP contribution is 2.67. The predicted octanol–water partition coefficient (Wildman–Crippen LogP) is 3.42. The molecule has 0 radical (unpaired) electrons. The highest BCUT2D eigenvalue weighted by Gasteiger charge is 2.64. The van der Waals surface area contributed by atoms with Gasteiger partial charge in [-0.15, -0.1) is 0 Å². The topological polar surface area (TPSA) is 55.4 Å². The molecule has 0 bridgehead atoms. The molecule has 1 aromatic rings. The van der Waals surface area contributed by atoms with E-state index in [0.717, 1.165) is 0 Å². The molecule has 118 valence electrons. The molecule has 1 N–H and O–H groups in total. The maximum atomic E-state index is 12.4. The maximum absolute atomic E-state index is 12.4. The standard InChI is InChI=1S/C15H22BrNO3S/c1-14(2)13(15(14,3)4)9-17-21(18,19)10-6-7-12(20-5)11(16)8-10/h6-8,13,17H,9H2,1-5H3. The number of rotatable bonds is 5. The van der Waals surface area contributed by atoms with Gasteiger partial charge in [0.2, 0.25) is 10.0 Å². The van der Waals surface area contributed by atoms with Gasteiger partial charge >= 0.3 is 0 Å². The van der Waals surface area contributed by atoms with Crippen LogP contribution in [0, 0.1) is 16.7 Å². The molecule has 1 aromatic carbocycles. The zero-order valence-electron chi connectivity index (χ0n) is 13.0. The van der Waals surface area contributed by atoms with Crippen molar-refractivity contribution in [2.75, 3.05) is 13.7 Å². The Hall–Kier alpha value is -0.590. The lowest BCUT2D eigenvalue weighted by Gasteiger charge is -2.10. The second kappa shape index (κ2) is 5.25. The second-order valence-corrected chi connectivity index (χ2v) is 9.27. The van der Waals surface area contributed by atoms with Crippen molar-refractivity contribution in [3.63, 3.8) is 0 Å². The molecular formula is C15H22BrNO3S. The molecule has 0 saturated heterocycles. The van der Waals surface area contributed by atoms with E-state index in [1.165, 1.54) is 0 Å². The van der Waals surface area contributed by atoms with Gasteiger partial charge in [0.25, 0.3) is 0 Å². The Morgan fingerprint density at radius 2 is 1.81 bits per heavy atom. The summed E-state index contributed by atoms with van der Waals surface area (Å²) in [5, 5.41) is 0. The summed E-state index contributed by atoms with van der Waals surface area (Å²) in [4.78, 5) is 0.242. The number of benzene rings is 1. The highest BCUT2D eigenvalue weighted by atomic mass is 79.9. The second-order valence-electron chi connectivity index (χ2n) is 6.64. The van der Waals surface area contributed by atoms with Crippen molar-refractivity contribution in [3.05, 3.63) is 22.7 Å². The van der Waals surface area contributed by atoms with Gasteiger partial charge in [0, 0.05) is 6.54 Å². The first-order chi connectivity index (χ1) is 9.54. The SMILES string of the molecule is COc1ccc(S(=O)(=O)NCC2C(C)(C)C2(C)C)cc1Br. The average Bonchev–Trinajstić information content (AvgIpc) is 2.77. The van der Waals surface area contributed by atoms with Crippen LogP contribution in [0.2, 0.25) is 0 Å². The number of ether oxygens (including phenoxy) is 1. The van der Waals surface area contributed by atoms with Gasteiger partial charge < -0.3 is 4.74 Å². The lowest BCUT2D eigenvalue weighted by atomic mass is 10.0. The summed E-state index contributed by atoms with van der Waals surface area (Å²) in [5.74, 6) is 0.958.